The molecule has 0 radical (unpaired) electrons. The first-order chi connectivity index (χ1) is 14.9. The third-order valence-corrected chi connectivity index (χ3v) is 8.23. The summed E-state index contributed by atoms with van der Waals surface area (Å²) in [5.41, 5.74) is 3.93. The Kier molecular flexibility index (Phi) is 4.88. The van der Waals surface area contributed by atoms with Gasteiger partial charge in [0.15, 0.2) is 11.5 Å². The molecule has 0 atom stereocenters. The van der Waals surface area contributed by atoms with Crippen molar-refractivity contribution in [1.29, 1.82) is 0 Å². The van der Waals surface area contributed by atoms with Gasteiger partial charge in [0.2, 0.25) is 10.0 Å². The van der Waals surface area contributed by atoms with Gasteiger partial charge in [-0.15, -0.1) is 11.3 Å². The number of carbonyl (C=O) groups is 1. The van der Waals surface area contributed by atoms with E-state index < -0.39 is 15.9 Å². The van der Waals surface area contributed by atoms with Crippen molar-refractivity contribution in [3.05, 3.63) is 75.8 Å². The van der Waals surface area contributed by atoms with Crippen molar-refractivity contribution in [2.24, 2.45) is 0 Å². The van der Waals surface area contributed by atoms with Crippen LogP contribution in [0.1, 0.15) is 26.7 Å². The number of hydrogen-bond acceptors (Lipinski definition) is 6. The van der Waals surface area contributed by atoms with E-state index in [1.165, 1.54) is 10.4 Å². The molecule has 2 aromatic heterocycles. The van der Waals surface area contributed by atoms with Gasteiger partial charge < -0.3 is 9.73 Å². The summed E-state index contributed by atoms with van der Waals surface area (Å²) in [7, 11) is -3.81. The van der Waals surface area contributed by atoms with Crippen LogP contribution in [0.2, 0.25) is 0 Å². The highest BCUT2D eigenvalue weighted by atomic mass is 32.2. The van der Waals surface area contributed by atoms with Crippen molar-refractivity contribution in [3.63, 3.8) is 0 Å². The summed E-state index contributed by atoms with van der Waals surface area (Å²) >= 11 is 1.11. The number of anilines is 1. The molecule has 0 aliphatic carbocycles. The van der Waals surface area contributed by atoms with E-state index in [2.05, 4.69) is 10.3 Å². The van der Waals surface area contributed by atoms with E-state index in [-0.39, 0.29) is 9.77 Å². The fourth-order valence-corrected chi connectivity index (χ4v) is 6.50. The molecule has 5 rings (SSSR count). The standard InChI is InChI=1S/C22H19N3O4S2/c1-14-23-18-12-17(6-7-19(18)29-14)24-22(26)21-20(9-11-30-21)31(27,28)25-10-8-15-4-2-3-5-16(15)13-25/h2-7,9,11-12H,8,10,13H2,1H3,(H,24,26). The van der Waals surface area contributed by atoms with Gasteiger partial charge in [0.05, 0.1) is 0 Å². The summed E-state index contributed by atoms with van der Waals surface area (Å²) in [5.74, 6) is 0.0683. The second kappa shape index (κ2) is 7.60. The fourth-order valence-electron chi connectivity index (χ4n) is 3.79. The minimum absolute atomic E-state index is 0.0349. The molecule has 0 saturated heterocycles. The second-order valence-corrected chi connectivity index (χ2v) is 10.2. The van der Waals surface area contributed by atoms with Gasteiger partial charge in [-0.2, -0.15) is 4.31 Å². The first kappa shape index (κ1) is 19.9. The Hall–Kier alpha value is -3.01. The second-order valence-electron chi connectivity index (χ2n) is 7.34. The largest absolute Gasteiger partial charge is 0.441 e. The number of nitrogens with zero attached hydrogens (tertiary/aromatic N) is 2. The predicted molar refractivity (Wildman–Crippen MR) is 119 cm³/mol. The molecular formula is C22H19N3O4S2. The van der Waals surface area contributed by atoms with E-state index in [0.717, 1.165) is 22.5 Å². The van der Waals surface area contributed by atoms with Crippen molar-refractivity contribution >= 4 is 44.1 Å². The zero-order valence-electron chi connectivity index (χ0n) is 16.7. The van der Waals surface area contributed by atoms with Crippen LogP contribution in [0.5, 0.6) is 0 Å². The number of sulfonamides is 1. The maximum atomic E-state index is 13.3. The maximum Gasteiger partial charge on any atom is 0.267 e. The van der Waals surface area contributed by atoms with Crippen molar-refractivity contribution in [2.45, 2.75) is 24.8 Å². The maximum absolute atomic E-state index is 13.3. The zero-order valence-corrected chi connectivity index (χ0v) is 18.3. The van der Waals surface area contributed by atoms with Gasteiger partial charge in [-0.25, -0.2) is 13.4 Å². The summed E-state index contributed by atoms with van der Waals surface area (Å²) in [5, 5.41) is 4.41. The predicted octanol–water partition coefficient (Wildman–Crippen LogP) is 4.20. The molecule has 9 heteroatoms. The molecule has 2 aromatic carbocycles. The number of thiophene rings is 1. The third-order valence-electron chi connectivity index (χ3n) is 5.30. The van der Waals surface area contributed by atoms with Crippen molar-refractivity contribution in [2.75, 3.05) is 11.9 Å². The average molecular weight is 454 g/mol. The van der Waals surface area contributed by atoms with E-state index in [4.69, 9.17) is 4.42 Å². The Bertz CT molecular complexity index is 1410. The Labute approximate surface area is 183 Å². The smallest absolute Gasteiger partial charge is 0.267 e. The summed E-state index contributed by atoms with van der Waals surface area (Å²) < 4.78 is 33.6. The first-order valence-corrected chi connectivity index (χ1v) is 12.1. The molecule has 0 spiro atoms. The van der Waals surface area contributed by atoms with Gasteiger partial charge in [-0.3, -0.25) is 4.79 Å². The minimum Gasteiger partial charge on any atom is -0.441 e. The van der Waals surface area contributed by atoms with E-state index in [1.54, 1.807) is 30.5 Å². The Morgan fingerprint density at radius 3 is 2.81 bits per heavy atom. The molecule has 1 aliphatic rings. The lowest BCUT2D eigenvalue weighted by Crippen LogP contribution is -2.36. The monoisotopic (exact) mass is 453 g/mol. The third kappa shape index (κ3) is 3.65. The number of hydrogen-bond donors (Lipinski definition) is 1. The van der Waals surface area contributed by atoms with E-state index in [1.807, 2.05) is 24.3 Å². The van der Waals surface area contributed by atoms with Crippen LogP contribution in [0.25, 0.3) is 11.1 Å². The molecule has 1 N–H and O–H groups in total. The number of oxazole rings is 1. The molecular weight excluding hydrogens is 434 g/mol. The summed E-state index contributed by atoms with van der Waals surface area (Å²) in [6.07, 6.45) is 0.651. The number of benzene rings is 2. The molecule has 0 unspecified atom stereocenters. The van der Waals surface area contributed by atoms with Crippen molar-refractivity contribution in [3.8, 4) is 0 Å². The van der Waals surface area contributed by atoms with Crippen molar-refractivity contribution in [1.82, 2.24) is 9.29 Å². The van der Waals surface area contributed by atoms with Gasteiger partial charge in [-0.1, -0.05) is 24.3 Å². The quantitative estimate of drug-likeness (QED) is 0.500. The van der Waals surface area contributed by atoms with Crippen LogP contribution in [0.3, 0.4) is 0 Å². The van der Waals surface area contributed by atoms with Crippen molar-refractivity contribution < 1.29 is 17.6 Å². The number of aryl methyl sites for hydroxylation is 1. The number of fused-ring (bicyclic) bond motifs is 2. The Morgan fingerprint density at radius 2 is 1.97 bits per heavy atom. The number of nitrogens with one attached hydrogen (secondary N) is 1. The molecule has 0 fully saturated rings. The molecule has 0 saturated carbocycles. The highest BCUT2D eigenvalue weighted by molar-refractivity contribution is 7.89. The van der Waals surface area contributed by atoms with Gasteiger partial charge in [0, 0.05) is 25.7 Å². The number of aromatic nitrogens is 1. The molecule has 31 heavy (non-hydrogen) atoms. The topological polar surface area (TPSA) is 92.5 Å². The lowest BCUT2D eigenvalue weighted by atomic mass is 10.0. The molecule has 0 bridgehead atoms. The zero-order chi connectivity index (χ0) is 21.6. The van der Waals surface area contributed by atoms with Crippen LogP contribution in [-0.2, 0) is 23.0 Å². The number of amides is 1. The Morgan fingerprint density at radius 1 is 1.16 bits per heavy atom. The summed E-state index contributed by atoms with van der Waals surface area (Å²) in [6, 6.07) is 14.5. The SMILES string of the molecule is Cc1nc2cc(NC(=O)c3sccc3S(=O)(=O)N3CCc4ccccc4C3)ccc2o1. The average Bonchev–Trinajstić information content (AvgIpc) is 3.39. The van der Waals surface area contributed by atoms with Crippen LogP contribution >= 0.6 is 11.3 Å². The molecule has 158 valence electrons. The lowest BCUT2D eigenvalue weighted by molar-refractivity contribution is 0.102. The normalized spacial score (nSPS) is 14.5. The highest BCUT2D eigenvalue weighted by Crippen LogP contribution is 2.30. The molecule has 1 aliphatic heterocycles. The van der Waals surface area contributed by atoms with Crippen LogP contribution in [0.15, 0.2) is 63.2 Å². The van der Waals surface area contributed by atoms with Gasteiger partial charge in [0.1, 0.15) is 15.3 Å². The minimum atomic E-state index is -3.81. The molecule has 7 nitrogen and oxygen atoms in total. The molecule has 3 heterocycles. The van der Waals surface area contributed by atoms with Crippen LogP contribution < -0.4 is 5.32 Å². The fraction of sp³-hybridized carbons (Fsp3) is 0.182. The first-order valence-electron chi connectivity index (χ1n) is 9.75. The van der Waals surface area contributed by atoms with Crippen LogP contribution in [0.4, 0.5) is 5.69 Å². The highest BCUT2D eigenvalue weighted by Gasteiger charge is 2.32. The summed E-state index contributed by atoms with van der Waals surface area (Å²) in [6.45, 7) is 2.44. The van der Waals surface area contributed by atoms with Gasteiger partial charge >= 0.3 is 0 Å². The van der Waals surface area contributed by atoms with Crippen LogP contribution in [0, 0.1) is 6.92 Å². The Balaban J connectivity index is 1.41. The number of rotatable bonds is 4. The van der Waals surface area contributed by atoms with E-state index in [0.29, 0.717) is 42.2 Å². The van der Waals surface area contributed by atoms with E-state index >= 15 is 0 Å². The van der Waals surface area contributed by atoms with E-state index in [9.17, 15) is 13.2 Å². The number of carbonyl (C=O) groups excluding carboxylic acids is 1. The molecule has 1 amide bonds. The summed E-state index contributed by atoms with van der Waals surface area (Å²) in [4.78, 5) is 17.4. The van der Waals surface area contributed by atoms with Crippen LogP contribution in [-0.4, -0.2) is 30.2 Å². The molecule has 4 aromatic rings. The van der Waals surface area contributed by atoms with Gasteiger partial charge in [0.25, 0.3) is 5.91 Å². The lowest BCUT2D eigenvalue weighted by Gasteiger charge is -2.28. The van der Waals surface area contributed by atoms with Gasteiger partial charge in [-0.05, 0) is 47.2 Å².